The topological polar surface area (TPSA) is 41.1 Å². The number of amides is 1. The van der Waals surface area contributed by atoms with E-state index in [0.29, 0.717) is 5.92 Å². The van der Waals surface area contributed by atoms with Crippen LogP contribution in [0.3, 0.4) is 0 Å². The molecular weight excluding hydrogens is 220 g/mol. The van der Waals surface area contributed by atoms with Gasteiger partial charge in [-0.05, 0) is 49.3 Å². The Labute approximate surface area is 102 Å². The van der Waals surface area contributed by atoms with Crippen LogP contribution in [0.25, 0.3) is 0 Å². The number of carbonyl (C=O) groups is 1. The van der Waals surface area contributed by atoms with Crippen LogP contribution >= 0.6 is 11.8 Å². The first-order chi connectivity index (χ1) is 7.77. The quantitative estimate of drug-likeness (QED) is 0.776. The van der Waals surface area contributed by atoms with E-state index in [2.05, 4.69) is 17.6 Å². The van der Waals surface area contributed by atoms with Crippen LogP contribution in [0.5, 0.6) is 0 Å². The van der Waals surface area contributed by atoms with Crippen molar-refractivity contribution in [1.29, 1.82) is 0 Å². The largest absolute Gasteiger partial charge is 0.356 e. The van der Waals surface area contributed by atoms with E-state index in [0.717, 1.165) is 25.6 Å². The van der Waals surface area contributed by atoms with E-state index in [1.54, 1.807) is 0 Å². The van der Waals surface area contributed by atoms with E-state index in [9.17, 15) is 4.79 Å². The van der Waals surface area contributed by atoms with Gasteiger partial charge in [-0.25, -0.2) is 0 Å². The van der Waals surface area contributed by atoms with Crippen molar-refractivity contribution in [1.82, 2.24) is 10.6 Å². The van der Waals surface area contributed by atoms with Crippen molar-refractivity contribution in [3.63, 3.8) is 0 Å². The highest BCUT2D eigenvalue weighted by atomic mass is 32.2. The molecule has 16 heavy (non-hydrogen) atoms. The lowest BCUT2D eigenvalue weighted by Gasteiger charge is -2.32. The monoisotopic (exact) mass is 242 g/mol. The second-order valence-corrected chi connectivity index (χ2v) is 6.23. The number of carbonyl (C=O) groups excluding carboxylic acids is 1. The third kappa shape index (κ3) is 3.14. The summed E-state index contributed by atoms with van der Waals surface area (Å²) in [5.74, 6) is 4.24. The Morgan fingerprint density at radius 1 is 1.44 bits per heavy atom. The minimum atomic E-state index is 0.180. The zero-order valence-corrected chi connectivity index (χ0v) is 10.8. The van der Waals surface area contributed by atoms with Crippen molar-refractivity contribution in [3.05, 3.63) is 0 Å². The Bertz CT molecular complexity index is 237. The van der Waals surface area contributed by atoms with Gasteiger partial charge in [0, 0.05) is 12.5 Å². The van der Waals surface area contributed by atoms with Gasteiger partial charge in [-0.15, -0.1) is 0 Å². The van der Waals surface area contributed by atoms with Gasteiger partial charge in [0.05, 0.1) is 0 Å². The van der Waals surface area contributed by atoms with Crippen LogP contribution in [0.2, 0.25) is 0 Å². The van der Waals surface area contributed by atoms with E-state index >= 15 is 0 Å². The van der Waals surface area contributed by atoms with Crippen molar-refractivity contribution in [2.24, 2.45) is 17.8 Å². The smallest absolute Gasteiger partial charge is 0.223 e. The average molecular weight is 242 g/mol. The molecule has 92 valence electrons. The van der Waals surface area contributed by atoms with Crippen molar-refractivity contribution >= 4 is 17.7 Å². The highest BCUT2D eigenvalue weighted by Gasteiger charge is 2.28. The predicted molar refractivity (Wildman–Crippen MR) is 68.6 cm³/mol. The molecule has 2 saturated heterocycles. The molecule has 2 rings (SSSR count). The fourth-order valence-electron chi connectivity index (χ4n) is 2.24. The maximum absolute atomic E-state index is 11.9. The van der Waals surface area contributed by atoms with Gasteiger partial charge < -0.3 is 10.6 Å². The lowest BCUT2D eigenvalue weighted by atomic mass is 9.88. The molecule has 4 heteroatoms. The normalized spacial score (nSPS) is 24.8. The lowest BCUT2D eigenvalue weighted by Crippen LogP contribution is -2.50. The van der Waals surface area contributed by atoms with Gasteiger partial charge in [-0.3, -0.25) is 4.79 Å². The molecule has 1 atom stereocenters. The van der Waals surface area contributed by atoms with Crippen LogP contribution < -0.4 is 10.6 Å². The number of thioether (sulfide) groups is 1. The Morgan fingerprint density at radius 2 is 2.12 bits per heavy atom. The summed E-state index contributed by atoms with van der Waals surface area (Å²) in [6.45, 7) is 4.96. The fourth-order valence-corrected chi connectivity index (χ4v) is 3.44. The SMILES string of the molecule is CC(C(=O)NCC1CCSCC1)C1CNC1. The third-order valence-electron chi connectivity index (χ3n) is 3.84. The van der Waals surface area contributed by atoms with Crippen LogP contribution in [0.15, 0.2) is 0 Å². The lowest BCUT2D eigenvalue weighted by molar-refractivity contribution is -0.126. The van der Waals surface area contributed by atoms with E-state index in [4.69, 9.17) is 0 Å². The fraction of sp³-hybridized carbons (Fsp3) is 0.917. The molecule has 0 saturated carbocycles. The highest BCUT2D eigenvalue weighted by Crippen LogP contribution is 2.22. The molecule has 0 aromatic carbocycles. The van der Waals surface area contributed by atoms with E-state index in [-0.39, 0.29) is 11.8 Å². The summed E-state index contributed by atoms with van der Waals surface area (Å²) in [7, 11) is 0. The van der Waals surface area contributed by atoms with E-state index in [1.807, 2.05) is 11.8 Å². The molecule has 2 heterocycles. The van der Waals surface area contributed by atoms with Crippen molar-refractivity contribution in [2.45, 2.75) is 19.8 Å². The standard InChI is InChI=1S/C12H22N2OS/c1-9(11-7-13-8-11)12(15)14-6-10-2-4-16-5-3-10/h9-11,13H,2-8H2,1H3,(H,14,15). The Hall–Kier alpha value is -0.220. The van der Waals surface area contributed by atoms with Crippen LogP contribution in [-0.4, -0.2) is 37.0 Å². The number of hydrogen-bond acceptors (Lipinski definition) is 3. The van der Waals surface area contributed by atoms with Gasteiger partial charge in [0.2, 0.25) is 5.91 Å². The molecule has 0 bridgehead atoms. The van der Waals surface area contributed by atoms with E-state index < -0.39 is 0 Å². The summed E-state index contributed by atoms with van der Waals surface area (Å²) in [4.78, 5) is 11.9. The summed E-state index contributed by atoms with van der Waals surface area (Å²) in [5, 5.41) is 6.34. The molecule has 0 aromatic heterocycles. The molecule has 0 aromatic rings. The molecule has 2 aliphatic rings. The average Bonchev–Trinajstić information content (AvgIpc) is 2.25. The summed E-state index contributed by atoms with van der Waals surface area (Å²) in [6, 6.07) is 0. The van der Waals surface area contributed by atoms with Gasteiger partial charge in [0.25, 0.3) is 0 Å². The molecule has 1 amide bonds. The molecule has 3 nitrogen and oxygen atoms in total. The summed E-state index contributed by atoms with van der Waals surface area (Å²) in [5.41, 5.74) is 0. The molecule has 0 aliphatic carbocycles. The summed E-state index contributed by atoms with van der Waals surface area (Å²) >= 11 is 2.04. The van der Waals surface area contributed by atoms with Crippen molar-refractivity contribution < 1.29 is 4.79 Å². The molecule has 2 N–H and O–H groups in total. The first-order valence-electron chi connectivity index (χ1n) is 6.33. The molecule has 0 radical (unpaired) electrons. The van der Waals surface area contributed by atoms with Gasteiger partial charge >= 0.3 is 0 Å². The zero-order valence-electron chi connectivity index (χ0n) is 10.00. The molecule has 2 aliphatic heterocycles. The molecular formula is C12H22N2OS. The summed E-state index contributed by atoms with van der Waals surface area (Å²) < 4.78 is 0. The predicted octanol–water partition coefficient (Wildman–Crippen LogP) is 1.10. The second kappa shape index (κ2) is 5.92. The first kappa shape index (κ1) is 12.2. The zero-order chi connectivity index (χ0) is 11.4. The van der Waals surface area contributed by atoms with Crippen molar-refractivity contribution in [2.75, 3.05) is 31.1 Å². The van der Waals surface area contributed by atoms with E-state index in [1.165, 1.54) is 24.3 Å². The van der Waals surface area contributed by atoms with Crippen molar-refractivity contribution in [3.8, 4) is 0 Å². The van der Waals surface area contributed by atoms with Crippen LogP contribution in [0, 0.1) is 17.8 Å². The molecule has 0 spiro atoms. The maximum atomic E-state index is 11.9. The number of hydrogen-bond donors (Lipinski definition) is 2. The van der Waals surface area contributed by atoms with Crippen LogP contribution in [0.1, 0.15) is 19.8 Å². The minimum absolute atomic E-state index is 0.180. The Kier molecular flexibility index (Phi) is 4.53. The second-order valence-electron chi connectivity index (χ2n) is 5.01. The first-order valence-corrected chi connectivity index (χ1v) is 7.49. The van der Waals surface area contributed by atoms with Crippen LogP contribution in [0.4, 0.5) is 0 Å². The van der Waals surface area contributed by atoms with Gasteiger partial charge in [-0.1, -0.05) is 6.92 Å². The molecule has 2 fully saturated rings. The molecule has 1 unspecified atom stereocenters. The van der Waals surface area contributed by atoms with Gasteiger partial charge in [0.15, 0.2) is 0 Å². The third-order valence-corrected chi connectivity index (χ3v) is 4.89. The summed E-state index contributed by atoms with van der Waals surface area (Å²) in [6.07, 6.45) is 2.54. The Morgan fingerprint density at radius 3 is 2.69 bits per heavy atom. The number of nitrogens with one attached hydrogen (secondary N) is 2. The van der Waals surface area contributed by atoms with Gasteiger partial charge in [-0.2, -0.15) is 11.8 Å². The van der Waals surface area contributed by atoms with Gasteiger partial charge in [0.1, 0.15) is 0 Å². The van der Waals surface area contributed by atoms with Crippen LogP contribution in [-0.2, 0) is 4.79 Å². The maximum Gasteiger partial charge on any atom is 0.223 e. The highest BCUT2D eigenvalue weighted by molar-refractivity contribution is 7.99. The number of rotatable bonds is 4. The minimum Gasteiger partial charge on any atom is -0.356 e. The Balaban J connectivity index is 1.65.